The number of nitrogens with two attached hydrogens (primary N) is 1. The van der Waals surface area contributed by atoms with Gasteiger partial charge in [-0.1, -0.05) is 6.07 Å². The molecule has 3 N–H and O–H groups in total. The molecule has 8 nitrogen and oxygen atoms in total. The van der Waals surface area contributed by atoms with E-state index in [0.717, 1.165) is 0 Å². The van der Waals surface area contributed by atoms with Crippen LogP contribution in [0.5, 0.6) is 11.5 Å². The quantitative estimate of drug-likeness (QED) is 0.720. The molecule has 1 saturated carbocycles. The van der Waals surface area contributed by atoms with Crippen molar-refractivity contribution < 1.29 is 23.9 Å². The Morgan fingerprint density at radius 1 is 1.20 bits per heavy atom. The van der Waals surface area contributed by atoms with E-state index in [0.29, 0.717) is 30.3 Å². The summed E-state index contributed by atoms with van der Waals surface area (Å²) < 4.78 is 22.2. The highest BCUT2D eigenvalue weighted by molar-refractivity contribution is 5.95. The lowest BCUT2D eigenvalue weighted by atomic mass is 9.93. The Morgan fingerprint density at radius 2 is 1.92 bits per heavy atom. The second kappa shape index (κ2) is 4.85. The van der Waals surface area contributed by atoms with Crippen molar-refractivity contribution in [2.24, 2.45) is 16.6 Å². The van der Waals surface area contributed by atoms with Crippen LogP contribution < -0.4 is 20.2 Å². The Morgan fingerprint density at radius 3 is 2.48 bits per heavy atom. The van der Waals surface area contributed by atoms with Gasteiger partial charge in [-0.05, 0) is 6.07 Å². The van der Waals surface area contributed by atoms with Gasteiger partial charge in [0.1, 0.15) is 11.5 Å². The van der Waals surface area contributed by atoms with Crippen LogP contribution in [0.1, 0.15) is 11.5 Å². The second-order valence-electron chi connectivity index (χ2n) is 6.23. The van der Waals surface area contributed by atoms with Gasteiger partial charge in [0.25, 0.3) is 5.84 Å². The van der Waals surface area contributed by atoms with Gasteiger partial charge < -0.3 is 18.9 Å². The summed E-state index contributed by atoms with van der Waals surface area (Å²) in [7, 11) is 3.08. The van der Waals surface area contributed by atoms with E-state index < -0.39 is 22.7 Å². The van der Waals surface area contributed by atoms with Crippen molar-refractivity contribution in [1.82, 2.24) is 0 Å². The second-order valence-corrected chi connectivity index (χ2v) is 6.23. The molecule has 2 aliphatic heterocycles. The number of ether oxygens (including phenoxy) is 4. The molecule has 25 heavy (non-hydrogen) atoms. The molecule has 0 bridgehead atoms. The molecule has 1 aromatic rings. The number of hydrogen-bond acceptors (Lipinski definition) is 7. The number of methoxy groups -OCH3 is 2. The van der Waals surface area contributed by atoms with Crippen LogP contribution in [-0.4, -0.2) is 39.2 Å². The van der Waals surface area contributed by atoms with Gasteiger partial charge in [0.2, 0.25) is 0 Å². The summed E-state index contributed by atoms with van der Waals surface area (Å²) >= 11 is 0. The molecule has 0 unspecified atom stereocenters. The fourth-order valence-electron chi connectivity index (χ4n) is 4.34. The van der Waals surface area contributed by atoms with Crippen LogP contribution in [0.15, 0.2) is 18.2 Å². The third-order valence-electron chi connectivity index (χ3n) is 5.45. The van der Waals surface area contributed by atoms with Gasteiger partial charge in [0.05, 0.1) is 45.5 Å². The fourth-order valence-corrected chi connectivity index (χ4v) is 4.34. The van der Waals surface area contributed by atoms with Gasteiger partial charge in [0.15, 0.2) is 10.8 Å². The normalized spacial score (nSPS) is 33.9. The first-order chi connectivity index (χ1) is 12.1. The van der Waals surface area contributed by atoms with Gasteiger partial charge in [-0.25, -0.2) is 4.99 Å². The van der Waals surface area contributed by atoms with E-state index in [9.17, 15) is 10.5 Å². The summed E-state index contributed by atoms with van der Waals surface area (Å²) in [5, 5.41) is 20.0. The molecule has 4 rings (SSSR count). The zero-order valence-corrected chi connectivity index (χ0v) is 13.8. The SMILES string of the molecule is COc1ccc([C@H]2[C@]3(C#N)C(N)=[NH+]C4(OCCO4)[C@]23C#N)c(OC)c1. The third-order valence-corrected chi connectivity index (χ3v) is 5.45. The summed E-state index contributed by atoms with van der Waals surface area (Å²) in [6.07, 6.45) is 0. The molecule has 3 atom stereocenters. The average molecular weight is 341 g/mol. The van der Waals surface area contributed by atoms with Crippen LogP contribution in [0.3, 0.4) is 0 Å². The van der Waals surface area contributed by atoms with Crippen molar-refractivity contribution in [1.29, 1.82) is 10.5 Å². The molecule has 2 heterocycles. The number of nitrogens with zero attached hydrogens (tertiary/aromatic N) is 2. The summed E-state index contributed by atoms with van der Waals surface area (Å²) in [5.41, 5.74) is 4.30. The van der Waals surface area contributed by atoms with Crippen molar-refractivity contribution >= 4 is 5.84 Å². The van der Waals surface area contributed by atoms with Gasteiger partial charge in [0, 0.05) is 11.6 Å². The lowest BCUT2D eigenvalue weighted by Gasteiger charge is -2.23. The molecule has 0 radical (unpaired) electrons. The van der Waals surface area contributed by atoms with Crippen LogP contribution in [0.4, 0.5) is 0 Å². The standard InChI is InChI=1S/C17H16N4O4/c1-22-10-3-4-11(12(7-10)23-2)13-15(8-18)14(20)21-17(16(13,15)9-19)24-5-6-25-17/h3-4,7,13H,5-6H2,1-2H3,(H2,20,21)/p+1/t13-,15+,16+/m0/s1. The lowest BCUT2D eigenvalue weighted by Crippen LogP contribution is -2.89. The Bertz CT molecular complexity index is 864. The van der Waals surface area contributed by atoms with E-state index in [-0.39, 0.29) is 5.84 Å². The Balaban J connectivity index is 1.92. The minimum atomic E-state index is -1.42. The molecular formula is C17H17N4O4+. The molecule has 2 fully saturated rings. The van der Waals surface area contributed by atoms with E-state index in [4.69, 9.17) is 24.7 Å². The van der Waals surface area contributed by atoms with E-state index in [1.165, 1.54) is 7.11 Å². The van der Waals surface area contributed by atoms with E-state index in [1.807, 2.05) is 0 Å². The minimum Gasteiger partial charge on any atom is -0.497 e. The highest BCUT2D eigenvalue weighted by Gasteiger charge is 2.97. The minimum absolute atomic E-state index is 0.182. The van der Waals surface area contributed by atoms with E-state index >= 15 is 0 Å². The summed E-state index contributed by atoms with van der Waals surface area (Å²) in [5.74, 6) is -0.654. The van der Waals surface area contributed by atoms with Crippen molar-refractivity contribution in [3.05, 3.63) is 23.8 Å². The highest BCUT2D eigenvalue weighted by Crippen LogP contribution is 2.79. The largest absolute Gasteiger partial charge is 0.497 e. The van der Waals surface area contributed by atoms with Crippen molar-refractivity contribution in [3.8, 4) is 23.6 Å². The number of amidine groups is 1. The summed E-state index contributed by atoms with van der Waals surface area (Å²) in [4.78, 5) is 2.91. The Labute approximate surface area is 144 Å². The van der Waals surface area contributed by atoms with Crippen LogP contribution >= 0.6 is 0 Å². The summed E-state index contributed by atoms with van der Waals surface area (Å²) in [6, 6.07) is 9.78. The molecular weight excluding hydrogens is 324 g/mol. The number of hydrogen-bond donors (Lipinski definition) is 2. The predicted molar refractivity (Wildman–Crippen MR) is 83.2 cm³/mol. The maximum Gasteiger partial charge on any atom is 0.343 e. The number of nitrogens with one attached hydrogen (secondary N) is 1. The third kappa shape index (κ3) is 1.50. The Hall–Kier alpha value is -2.81. The smallest absolute Gasteiger partial charge is 0.343 e. The number of benzene rings is 1. The molecule has 1 aromatic carbocycles. The fraction of sp³-hybridized carbons (Fsp3) is 0.471. The number of nitriles is 2. The van der Waals surface area contributed by atoms with Crippen LogP contribution in [0.25, 0.3) is 0 Å². The zero-order chi connectivity index (χ0) is 17.9. The molecule has 0 aromatic heterocycles. The molecule has 1 saturated heterocycles. The Kier molecular flexibility index (Phi) is 3.05. The highest BCUT2D eigenvalue weighted by atomic mass is 16.8. The van der Waals surface area contributed by atoms with Crippen molar-refractivity contribution in [3.63, 3.8) is 0 Å². The lowest BCUT2D eigenvalue weighted by molar-refractivity contribution is -0.676. The van der Waals surface area contributed by atoms with Crippen molar-refractivity contribution in [2.45, 2.75) is 11.8 Å². The van der Waals surface area contributed by atoms with Crippen molar-refractivity contribution in [2.75, 3.05) is 27.4 Å². The molecule has 1 aliphatic carbocycles. The first-order valence-corrected chi connectivity index (χ1v) is 7.80. The first-order valence-electron chi connectivity index (χ1n) is 7.80. The summed E-state index contributed by atoms with van der Waals surface area (Å²) in [6.45, 7) is 0.634. The van der Waals surface area contributed by atoms with Crippen LogP contribution in [-0.2, 0) is 9.47 Å². The molecule has 1 spiro atoms. The zero-order valence-electron chi connectivity index (χ0n) is 13.8. The van der Waals surface area contributed by atoms with Gasteiger partial charge in [-0.2, -0.15) is 10.5 Å². The average Bonchev–Trinajstić information content (AvgIpc) is 2.88. The first kappa shape index (κ1) is 15.7. The van der Waals surface area contributed by atoms with E-state index in [1.54, 1.807) is 25.3 Å². The maximum atomic E-state index is 10.1. The van der Waals surface area contributed by atoms with Gasteiger partial charge in [-0.15, -0.1) is 0 Å². The topological polar surface area (TPSA) is 124 Å². The predicted octanol–water partition coefficient (Wildman–Crippen LogP) is -1.03. The van der Waals surface area contributed by atoms with Gasteiger partial charge >= 0.3 is 5.91 Å². The van der Waals surface area contributed by atoms with Crippen LogP contribution in [0.2, 0.25) is 0 Å². The molecule has 3 aliphatic rings. The number of fused-ring (bicyclic) bond motifs is 2. The maximum absolute atomic E-state index is 10.1. The van der Waals surface area contributed by atoms with Gasteiger partial charge in [-0.3, -0.25) is 5.73 Å². The number of rotatable bonds is 3. The molecule has 128 valence electrons. The molecule has 0 amide bonds. The van der Waals surface area contributed by atoms with Crippen LogP contribution in [0, 0.1) is 33.5 Å². The van der Waals surface area contributed by atoms with E-state index in [2.05, 4.69) is 17.1 Å². The monoisotopic (exact) mass is 341 g/mol. The molecule has 8 heteroatoms.